The van der Waals surface area contributed by atoms with Crippen LogP contribution in [0.1, 0.15) is 44.3 Å². The molecule has 112 valence electrons. The van der Waals surface area contributed by atoms with E-state index in [0.29, 0.717) is 16.1 Å². The number of primary amides is 1. The molecule has 0 saturated carbocycles. The van der Waals surface area contributed by atoms with Crippen molar-refractivity contribution in [2.75, 3.05) is 0 Å². The van der Waals surface area contributed by atoms with Crippen LogP contribution in [0.2, 0.25) is 5.02 Å². The fourth-order valence-corrected chi connectivity index (χ4v) is 2.96. The van der Waals surface area contributed by atoms with E-state index in [1.165, 1.54) is 5.56 Å². The van der Waals surface area contributed by atoms with Crippen LogP contribution in [0.5, 0.6) is 0 Å². The topological polar surface area (TPSA) is 72.2 Å². The number of nitrogens with two attached hydrogens (primary N) is 1. The number of carbonyl (C=O) groups excluding carboxylic acids is 2. The summed E-state index contributed by atoms with van der Waals surface area (Å²) in [5.74, 6) is -0.669. The maximum atomic E-state index is 12.3. The first-order valence-electron chi connectivity index (χ1n) is 7.03. The van der Waals surface area contributed by atoms with Gasteiger partial charge in [-0.1, -0.05) is 17.7 Å². The van der Waals surface area contributed by atoms with Crippen molar-refractivity contribution in [3.05, 3.63) is 69.7 Å². The number of hydrogen-bond donors (Lipinski definition) is 2. The van der Waals surface area contributed by atoms with Crippen LogP contribution in [0.3, 0.4) is 0 Å². The third kappa shape index (κ3) is 2.83. The molecule has 22 heavy (non-hydrogen) atoms. The zero-order valence-electron chi connectivity index (χ0n) is 11.8. The van der Waals surface area contributed by atoms with E-state index < -0.39 is 5.91 Å². The second-order valence-corrected chi connectivity index (χ2v) is 5.79. The summed E-state index contributed by atoms with van der Waals surface area (Å²) in [6.45, 7) is 0. The first-order chi connectivity index (χ1) is 10.5. The smallest absolute Gasteiger partial charge is 0.251 e. The lowest BCUT2D eigenvalue weighted by atomic mass is 10.1. The molecule has 0 fully saturated rings. The molecule has 2 aromatic rings. The Balaban J connectivity index is 1.74. The molecule has 2 amide bonds. The van der Waals surface area contributed by atoms with Crippen molar-refractivity contribution >= 4 is 23.4 Å². The number of carbonyl (C=O) groups is 2. The van der Waals surface area contributed by atoms with Crippen molar-refractivity contribution in [1.82, 2.24) is 5.32 Å². The fourth-order valence-electron chi connectivity index (χ4n) is 2.76. The molecule has 1 atom stereocenters. The highest BCUT2D eigenvalue weighted by Crippen LogP contribution is 2.33. The van der Waals surface area contributed by atoms with E-state index in [9.17, 15) is 9.59 Å². The Bertz CT molecular complexity index is 741. The molecule has 1 aliphatic carbocycles. The normalized spacial score (nSPS) is 16.1. The molecule has 0 aliphatic heterocycles. The third-order valence-corrected chi connectivity index (χ3v) is 4.15. The number of halogens is 1. The molecule has 4 nitrogen and oxygen atoms in total. The highest BCUT2D eigenvalue weighted by atomic mass is 35.5. The number of aryl methyl sites for hydroxylation is 1. The Kier molecular flexibility index (Phi) is 3.86. The summed E-state index contributed by atoms with van der Waals surface area (Å²) in [4.78, 5) is 23.3. The lowest BCUT2D eigenvalue weighted by molar-refractivity contribution is 0.0934. The van der Waals surface area contributed by atoms with E-state index in [4.69, 9.17) is 17.3 Å². The zero-order valence-corrected chi connectivity index (χ0v) is 12.6. The van der Waals surface area contributed by atoms with Gasteiger partial charge in [0.2, 0.25) is 5.91 Å². The lowest BCUT2D eigenvalue weighted by Gasteiger charge is -2.14. The van der Waals surface area contributed by atoms with Crippen LogP contribution in [-0.2, 0) is 6.42 Å². The molecule has 0 heterocycles. The Labute approximate surface area is 133 Å². The highest BCUT2D eigenvalue weighted by Gasteiger charge is 2.24. The van der Waals surface area contributed by atoms with Gasteiger partial charge in [-0.2, -0.15) is 0 Å². The SMILES string of the molecule is NC(=O)c1ccc(C(=O)N[C@@H]2CCc3cc(Cl)ccc32)cc1. The van der Waals surface area contributed by atoms with E-state index in [2.05, 4.69) is 5.32 Å². The van der Waals surface area contributed by atoms with Crippen molar-refractivity contribution in [1.29, 1.82) is 0 Å². The summed E-state index contributed by atoms with van der Waals surface area (Å²) in [7, 11) is 0. The zero-order chi connectivity index (χ0) is 15.7. The predicted molar refractivity (Wildman–Crippen MR) is 84.9 cm³/mol. The van der Waals surface area contributed by atoms with Gasteiger partial charge >= 0.3 is 0 Å². The summed E-state index contributed by atoms with van der Waals surface area (Å²) in [5.41, 5.74) is 8.38. The molecule has 3 rings (SSSR count). The first-order valence-corrected chi connectivity index (χ1v) is 7.41. The number of nitrogens with one attached hydrogen (secondary N) is 1. The Morgan fingerprint density at radius 3 is 2.45 bits per heavy atom. The minimum Gasteiger partial charge on any atom is -0.366 e. The van der Waals surface area contributed by atoms with Crippen LogP contribution in [0.4, 0.5) is 0 Å². The standard InChI is InChI=1S/C17H15ClN2O2/c18-13-6-7-14-12(9-13)5-8-15(14)20-17(22)11-3-1-10(2-4-11)16(19)21/h1-4,6-7,9,15H,5,8H2,(H2,19,21)(H,20,22)/t15-/m1/s1. The molecule has 5 heteroatoms. The molecule has 0 aromatic heterocycles. The van der Waals surface area contributed by atoms with Crippen molar-refractivity contribution in [2.45, 2.75) is 18.9 Å². The van der Waals surface area contributed by atoms with Gasteiger partial charge < -0.3 is 11.1 Å². The van der Waals surface area contributed by atoms with E-state index in [1.807, 2.05) is 18.2 Å². The number of hydrogen-bond acceptors (Lipinski definition) is 2. The third-order valence-electron chi connectivity index (χ3n) is 3.92. The maximum absolute atomic E-state index is 12.3. The van der Waals surface area contributed by atoms with E-state index in [-0.39, 0.29) is 11.9 Å². The molecule has 2 aromatic carbocycles. The molecule has 0 saturated heterocycles. The maximum Gasteiger partial charge on any atom is 0.251 e. The van der Waals surface area contributed by atoms with Gasteiger partial charge in [0, 0.05) is 16.1 Å². The molecule has 0 unspecified atom stereocenters. The van der Waals surface area contributed by atoms with Crippen LogP contribution in [0.25, 0.3) is 0 Å². The van der Waals surface area contributed by atoms with Crippen LogP contribution in [0.15, 0.2) is 42.5 Å². The second-order valence-electron chi connectivity index (χ2n) is 5.35. The van der Waals surface area contributed by atoms with Gasteiger partial charge in [0.1, 0.15) is 0 Å². The lowest BCUT2D eigenvalue weighted by Crippen LogP contribution is -2.27. The van der Waals surface area contributed by atoms with E-state index in [1.54, 1.807) is 24.3 Å². The molecule has 3 N–H and O–H groups in total. The summed E-state index contributed by atoms with van der Waals surface area (Å²) in [6.07, 6.45) is 1.77. The van der Waals surface area contributed by atoms with Crippen LogP contribution < -0.4 is 11.1 Å². The van der Waals surface area contributed by atoms with Gasteiger partial charge in [-0.15, -0.1) is 0 Å². The Morgan fingerprint density at radius 2 is 1.77 bits per heavy atom. The van der Waals surface area contributed by atoms with Crippen molar-refractivity contribution in [2.24, 2.45) is 5.73 Å². The van der Waals surface area contributed by atoms with Crippen molar-refractivity contribution in [3.63, 3.8) is 0 Å². The Morgan fingerprint density at radius 1 is 1.09 bits per heavy atom. The first kappa shape index (κ1) is 14.6. The van der Waals surface area contributed by atoms with E-state index in [0.717, 1.165) is 18.4 Å². The average molecular weight is 315 g/mol. The molecule has 0 bridgehead atoms. The van der Waals surface area contributed by atoms with Crippen molar-refractivity contribution < 1.29 is 9.59 Å². The molecule has 1 aliphatic rings. The molecular weight excluding hydrogens is 300 g/mol. The summed E-state index contributed by atoms with van der Waals surface area (Å²) >= 11 is 5.99. The predicted octanol–water partition coefficient (Wildman–Crippen LogP) is 2.86. The highest BCUT2D eigenvalue weighted by molar-refractivity contribution is 6.30. The monoisotopic (exact) mass is 314 g/mol. The van der Waals surface area contributed by atoms with E-state index >= 15 is 0 Å². The van der Waals surface area contributed by atoms with Crippen molar-refractivity contribution in [3.8, 4) is 0 Å². The van der Waals surface area contributed by atoms with Crippen LogP contribution in [-0.4, -0.2) is 11.8 Å². The van der Waals surface area contributed by atoms with Gasteiger partial charge in [0.15, 0.2) is 0 Å². The largest absolute Gasteiger partial charge is 0.366 e. The van der Waals surface area contributed by atoms with Gasteiger partial charge in [-0.25, -0.2) is 0 Å². The molecule has 0 spiro atoms. The molecular formula is C17H15ClN2O2. The number of benzene rings is 2. The summed E-state index contributed by atoms with van der Waals surface area (Å²) < 4.78 is 0. The Hall–Kier alpha value is -2.33. The summed E-state index contributed by atoms with van der Waals surface area (Å²) in [6, 6.07) is 12.1. The van der Waals surface area contributed by atoms with Gasteiger partial charge in [0.05, 0.1) is 6.04 Å². The number of fused-ring (bicyclic) bond motifs is 1. The second kappa shape index (κ2) is 5.81. The fraction of sp³-hybridized carbons (Fsp3) is 0.176. The van der Waals surface area contributed by atoms with Gasteiger partial charge in [-0.3, -0.25) is 9.59 Å². The minimum atomic E-state index is -0.506. The van der Waals surface area contributed by atoms with Crippen LogP contribution >= 0.6 is 11.6 Å². The van der Waals surface area contributed by atoms with Gasteiger partial charge in [-0.05, 0) is 60.4 Å². The summed E-state index contributed by atoms with van der Waals surface area (Å²) in [5, 5.41) is 3.74. The number of amides is 2. The van der Waals surface area contributed by atoms with Crippen LogP contribution in [0, 0.1) is 0 Å². The molecule has 0 radical (unpaired) electrons. The van der Waals surface area contributed by atoms with Gasteiger partial charge in [0.25, 0.3) is 5.91 Å². The minimum absolute atomic E-state index is 0.00409. The quantitative estimate of drug-likeness (QED) is 0.914. The average Bonchev–Trinajstić information content (AvgIpc) is 2.89. The number of rotatable bonds is 3.